The number of hydrogen-bond acceptors (Lipinski definition) is 4. The molecule has 1 aromatic heterocycles. The first kappa shape index (κ1) is 18.1. The third-order valence-electron chi connectivity index (χ3n) is 4.98. The number of carbonyl (C=O) groups excluding carboxylic acids is 1. The third kappa shape index (κ3) is 3.45. The summed E-state index contributed by atoms with van der Waals surface area (Å²) < 4.78 is 12.4. The lowest BCUT2D eigenvalue weighted by atomic mass is 10.1. The van der Waals surface area contributed by atoms with Crippen molar-refractivity contribution >= 4 is 11.7 Å². The smallest absolute Gasteiger partial charge is 0.229 e. The molecule has 28 heavy (non-hydrogen) atoms. The summed E-state index contributed by atoms with van der Waals surface area (Å²) in [6.07, 6.45) is 3.21. The zero-order chi connectivity index (χ0) is 19.5. The molecule has 0 spiro atoms. The molecule has 0 aliphatic heterocycles. The van der Waals surface area contributed by atoms with Crippen LogP contribution in [0, 0.1) is 0 Å². The first-order chi connectivity index (χ1) is 13.7. The maximum Gasteiger partial charge on any atom is 0.229 e. The number of aromatic nitrogens is 2. The van der Waals surface area contributed by atoms with E-state index in [4.69, 9.17) is 14.6 Å². The van der Waals surface area contributed by atoms with Gasteiger partial charge in [-0.05, 0) is 49.1 Å². The number of fused-ring (bicyclic) bond motifs is 1. The van der Waals surface area contributed by atoms with Gasteiger partial charge in [0, 0.05) is 5.56 Å². The van der Waals surface area contributed by atoms with Crippen LogP contribution in [0.4, 0.5) is 5.82 Å². The van der Waals surface area contributed by atoms with Gasteiger partial charge in [0.2, 0.25) is 5.91 Å². The summed E-state index contributed by atoms with van der Waals surface area (Å²) in [5.74, 6) is 1.96. The predicted molar refractivity (Wildman–Crippen MR) is 107 cm³/mol. The number of rotatable bonds is 6. The first-order valence-electron chi connectivity index (χ1n) is 9.36. The number of benzene rings is 2. The number of ether oxygens (including phenoxy) is 2. The molecule has 0 atom stereocenters. The predicted octanol–water partition coefficient (Wildman–Crippen LogP) is 3.56. The van der Waals surface area contributed by atoms with Crippen molar-refractivity contribution in [2.75, 3.05) is 19.5 Å². The van der Waals surface area contributed by atoms with E-state index < -0.39 is 0 Å². The molecule has 0 bridgehead atoms. The largest absolute Gasteiger partial charge is 0.493 e. The van der Waals surface area contributed by atoms with Crippen molar-refractivity contribution in [3.8, 4) is 17.2 Å². The normalized spacial score (nSPS) is 12.5. The molecule has 4 rings (SSSR count). The minimum Gasteiger partial charge on any atom is -0.493 e. The number of anilines is 1. The van der Waals surface area contributed by atoms with Crippen LogP contribution in [0.15, 0.2) is 48.5 Å². The molecule has 0 radical (unpaired) electrons. The third-order valence-corrected chi connectivity index (χ3v) is 4.98. The molecular formula is C22H23N3O3. The lowest BCUT2D eigenvalue weighted by Gasteiger charge is -2.12. The summed E-state index contributed by atoms with van der Waals surface area (Å²) in [6, 6.07) is 15.4. The van der Waals surface area contributed by atoms with E-state index in [0.29, 0.717) is 11.5 Å². The number of methoxy groups -OCH3 is 2. The van der Waals surface area contributed by atoms with Gasteiger partial charge in [-0.2, -0.15) is 5.10 Å². The van der Waals surface area contributed by atoms with Crippen LogP contribution in [0.3, 0.4) is 0 Å². The van der Waals surface area contributed by atoms with E-state index in [1.807, 2.05) is 53.2 Å². The molecule has 144 valence electrons. The number of carbonyl (C=O) groups is 1. The maximum atomic E-state index is 12.8. The van der Waals surface area contributed by atoms with Crippen LogP contribution in [0.2, 0.25) is 0 Å². The fourth-order valence-electron chi connectivity index (χ4n) is 3.63. The number of amides is 1. The zero-order valence-electron chi connectivity index (χ0n) is 16.1. The number of nitrogens with one attached hydrogen (secondary N) is 1. The van der Waals surface area contributed by atoms with E-state index in [1.54, 1.807) is 14.2 Å². The molecule has 1 heterocycles. The van der Waals surface area contributed by atoms with E-state index >= 15 is 0 Å². The van der Waals surface area contributed by atoms with Gasteiger partial charge >= 0.3 is 0 Å². The Kier molecular flexibility index (Phi) is 5.02. The van der Waals surface area contributed by atoms with Crippen LogP contribution < -0.4 is 14.8 Å². The highest BCUT2D eigenvalue weighted by atomic mass is 16.5. The van der Waals surface area contributed by atoms with Gasteiger partial charge in [-0.3, -0.25) is 4.79 Å². The average molecular weight is 377 g/mol. The highest BCUT2D eigenvalue weighted by Crippen LogP contribution is 2.31. The van der Waals surface area contributed by atoms with Crippen LogP contribution in [0.25, 0.3) is 5.69 Å². The minimum absolute atomic E-state index is 0.0843. The Balaban J connectivity index is 1.58. The summed E-state index contributed by atoms with van der Waals surface area (Å²) in [5, 5.41) is 7.83. The Morgan fingerprint density at radius 2 is 1.86 bits per heavy atom. The molecule has 0 saturated heterocycles. The second-order valence-electron chi connectivity index (χ2n) is 6.79. The van der Waals surface area contributed by atoms with Gasteiger partial charge in [-0.15, -0.1) is 0 Å². The lowest BCUT2D eigenvalue weighted by Crippen LogP contribution is -2.18. The van der Waals surface area contributed by atoms with Gasteiger partial charge in [-0.1, -0.05) is 24.3 Å². The number of hydrogen-bond donors (Lipinski definition) is 1. The number of para-hydroxylation sites is 1. The van der Waals surface area contributed by atoms with Crippen LogP contribution in [-0.2, 0) is 24.1 Å². The summed E-state index contributed by atoms with van der Waals surface area (Å²) in [6.45, 7) is 0. The molecule has 2 aromatic carbocycles. The van der Waals surface area contributed by atoms with E-state index in [9.17, 15) is 4.79 Å². The summed E-state index contributed by atoms with van der Waals surface area (Å²) in [5.41, 5.74) is 4.02. The van der Waals surface area contributed by atoms with Crippen molar-refractivity contribution in [1.82, 2.24) is 9.78 Å². The molecule has 0 unspecified atom stereocenters. The first-order valence-corrected chi connectivity index (χ1v) is 9.36. The fraction of sp³-hybridized carbons (Fsp3) is 0.273. The van der Waals surface area contributed by atoms with Gasteiger partial charge in [0.1, 0.15) is 5.82 Å². The summed E-state index contributed by atoms with van der Waals surface area (Å²) >= 11 is 0. The maximum absolute atomic E-state index is 12.8. The second kappa shape index (κ2) is 7.76. The molecule has 1 N–H and O–H groups in total. The molecule has 6 nitrogen and oxygen atoms in total. The van der Waals surface area contributed by atoms with Gasteiger partial charge in [-0.25, -0.2) is 4.68 Å². The molecular weight excluding hydrogens is 354 g/mol. The quantitative estimate of drug-likeness (QED) is 0.713. The van der Waals surface area contributed by atoms with Crippen molar-refractivity contribution in [3.05, 3.63) is 65.4 Å². The zero-order valence-corrected chi connectivity index (χ0v) is 16.1. The van der Waals surface area contributed by atoms with E-state index in [-0.39, 0.29) is 12.3 Å². The SMILES string of the molecule is COc1ccc(CC(=O)Nc2c3c(nn2-c2ccccc2)CCC3)cc1OC. The molecule has 0 saturated carbocycles. The standard InChI is InChI=1S/C22H23N3O3/c1-27-19-12-11-15(13-20(19)28-2)14-21(26)23-22-17-9-6-10-18(17)24-25(22)16-7-4-3-5-8-16/h3-5,7-8,11-13H,6,9-10,14H2,1-2H3,(H,23,26). The molecule has 6 heteroatoms. The summed E-state index contributed by atoms with van der Waals surface area (Å²) in [4.78, 5) is 12.8. The van der Waals surface area contributed by atoms with Crippen LogP contribution in [0.5, 0.6) is 11.5 Å². The van der Waals surface area contributed by atoms with E-state index in [1.165, 1.54) is 0 Å². The van der Waals surface area contributed by atoms with Crippen molar-refractivity contribution < 1.29 is 14.3 Å². The Labute approximate surface area is 164 Å². The topological polar surface area (TPSA) is 65.4 Å². The Bertz CT molecular complexity index is 996. The summed E-state index contributed by atoms with van der Waals surface area (Å²) in [7, 11) is 3.18. The molecule has 3 aromatic rings. The van der Waals surface area contributed by atoms with Crippen LogP contribution in [0.1, 0.15) is 23.2 Å². The molecule has 1 aliphatic rings. The lowest BCUT2D eigenvalue weighted by molar-refractivity contribution is -0.115. The number of aryl methyl sites for hydroxylation is 1. The molecule has 0 fully saturated rings. The van der Waals surface area contributed by atoms with E-state index in [2.05, 4.69) is 5.32 Å². The molecule has 1 amide bonds. The van der Waals surface area contributed by atoms with Crippen molar-refractivity contribution in [2.24, 2.45) is 0 Å². The molecule has 1 aliphatic carbocycles. The fourth-order valence-corrected chi connectivity index (χ4v) is 3.63. The Morgan fingerprint density at radius 1 is 1.07 bits per heavy atom. The van der Waals surface area contributed by atoms with E-state index in [0.717, 1.165) is 47.6 Å². The van der Waals surface area contributed by atoms with Gasteiger partial charge in [0.15, 0.2) is 11.5 Å². The monoisotopic (exact) mass is 377 g/mol. The second-order valence-corrected chi connectivity index (χ2v) is 6.79. The van der Waals surface area contributed by atoms with Crippen molar-refractivity contribution in [3.63, 3.8) is 0 Å². The van der Waals surface area contributed by atoms with Crippen molar-refractivity contribution in [2.45, 2.75) is 25.7 Å². The Hall–Kier alpha value is -3.28. The Morgan fingerprint density at radius 3 is 2.61 bits per heavy atom. The van der Waals surface area contributed by atoms with Gasteiger partial charge < -0.3 is 14.8 Å². The van der Waals surface area contributed by atoms with Gasteiger partial charge in [0.05, 0.1) is 32.0 Å². The van der Waals surface area contributed by atoms with Crippen LogP contribution in [-0.4, -0.2) is 29.9 Å². The minimum atomic E-state index is -0.0843. The van der Waals surface area contributed by atoms with Crippen LogP contribution >= 0.6 is 0 Å². The van der Waals surface area contributed by atoms with Gasteiger partial charge in [0.25, 0.3) is 0 Å². The number of nitrogens with zero attached hydrogens (tertiary/aromatic N) is 2. The average Bonchev–Trinajstić information content (AvgIpc) is 3.31. The van der Waals surface area contributed by atoms with Crippen molar-refractivity contribution in [1.29, 1.82) is 0 Å². The highest BCUT2D eigenvalue weighted by molar-refractivity contribution is 5.92. The highest BCUT2D eigenvalue weighted by Gasteiger charge is 2.24.